The van der Waals surface area contributed by atoms with E-state index in [0.29, 0.717) is 31.9 Å². The largest absolute Gasteiger partial charge is 0.381 e. The summed E-state index contributed by atoms with van der Waals surface area (Å²) in [4.78, 5) is 26.6. The zero-order chi connectivity index (χ0) is 14.0. The molecule has 19 heavy (non-hydrogen) atoms. The normalized spacial score (nSPS) is 35.6. The third-order valence-electron chi connectivity index (χ3n) is 4.38. The predicted molar refractivity (Wildman–Crippen MR) is 71.6 cm³/mol. The minimum atomic E-state index is -0.748. The molecule has 0 spiro atoms. The highest BCUT2D eigenvalue weighted by atomic mass is 16.5. The van der Waals surface area contributed by atoms with Crippen molar-refractivity contribution >= 4 is 11.8 Å². The van der Waals surface area contributed by atoms with Gasteiger partial charge in [0.2, 0.25) is 11.8 Å². The molecule has 3 unspecified atom stereocenters. The van der Waals surface area contributed by atoms with Crippen molar-refractivity contribution in [3.05, 3.63) is 0 Å². The highest BCUT2D eigenvalue weighted by molar-refractivity contribution is 5.99. The van der Waals surface area contributed by atoms with Crippen LogP contribution in [0, 0.1) is 5.92 Å². The zero-order valence-corrected chi connectivity index (χ0v) is 12.1. The first-order chi connectivity index (χ1) is 9.01. The topological polar surface area (TPSA) is 58.6 Å². The van der Waals surface area contributed by atoms with E-state index < -0.39 is 5.54 Å². The number of hydrogen-bond acceptors (Lipinski definition) is 3. The van der Waals surface area contributed by atoms with Crippen LogP contribution < -0.4 is 5.32 Å². The lowest BCUT2D eigenvalue weighted by Crippen LogP contribution is -2.69. The van der Waals surface area contributed by atoms with Crippen LogP contribution in [0.1, 0.15) is 40.0 Å². The molecule has 0 saturated carbocycles. The van der Waals surface area contributed by atoms with Crippen LogP contribution in [0.4, 0.5) is 0 Å². The summed E-state index contributed by atoms with van der Waals surface area (Å²) in [5.74, 6) is 0.392. The van der Waals surface area contributed by atoms with Crippen molar-refractivity contribution in [2.45, 2.75) is 51.6 Å². The SMILES string of the molecule is CCC1C(=O)NC(C)(CC)C(=O)N1CC1CCOC1. The minimum absolute atomic E-state index is 0.0228. The first kappa shape index (κ1) is 14.3. The fourth-order valence-electron chi connectivity index (χ4n) is 2.87. The van der Waals surface area contributed by atoms with Gasteiger partial charge in [0.25, 0.3) is 0 Å². The minimum Gasteiger partial charge on any atom is -0.381 e. The Balaban J connectivity index is 2.18. The molecular formula is C14H24N2O3. The van der Waals surface area contributed by atoms with E-state index in [2.05, 4.69) is 5.32 Å². The molecule has 2 aliphatic heterocycles. The quantitative estimate of drug-likeness (QED) is 0.825. The molecule has 1 N–H and O–H groups in total. The van der Waals surface area contributed by atoms with E-state index in [1.54, 1.807) is 4.90 Å². The Kier molecular flexibility index (Phi) is 4.13. The van der Waals surface area contributed by atoms with Gasteiger partial charge >= 0.3 is 0 Å². The maximum Gasteiger partial charge on any atom is 0.248 e. The monoisotopic (exact) mass is 268 g/mol. The summed E-state index contributed by atoms with van der Waals surface area (Å²) in [5.41, 5.74) is -0.748. The summed E-state index contributed by atoms with van der Waals surface area (Å²) in [6.45, 7) is 7.80. The number of ether oxygens (including phenoxy) is 1. The fraction of sp³-hybridized carbons (Fsp3) is 0.857. The van der Waals surface area contributed by atoms with E-state index in [-0.39, 0.29) is 17.9 Å². The number of piperazine rings is 1. The molecule has 0 aromatic rings. The third kappa shape index (κ3) is 2.61. The number of nitrogens with one attached hydrogen (secondary N) is 1. The van der Waals surface area contributed by atoms with Crippen molar-refractivity contribution < 1.29 is 14.3 Å². The van der Waals surface area contributed by atoms with Crippen LogP contribution in [-0.4, -0.2) is 48.1 Å². The number of hydrogen-bond donors (Lipinski definition) is 1. The Morgan fingerprint density at radius 3 is 2.68 bits per heavy atom. The summed E-state index contributed by atoms with van der Waals surface area (Å²) >= 11 is 0. The van der Waals surface area contributed by atoms with Crippen molar-refractivity contribution in [2.24, 2.45) is 5.92 Å². The molecule has 3 atom stereocenters. The second-order valence-electron chi connectivity index (χ2n) is 5.79. The van der Waals surface area contributed by atoms with Crippen LogP contribution in [0.15, 0.2) is 0 Å². The van der Waals surface area contributed by atoms with Gasteiger partial charge in [-0.1, -0.05) is 13.8 Å². The van der Waals surface area contributed by atoms with Crippen LogP contribution in [0.5, 0.6) is 0 Å². The van der Waals surface area contributed by atoms with E-state index in [9.17, 15) is 9.59 Å². The Bertz CT molecular complexity index is 366. The van der Waals surface area contributed by atoms with Gasteiger partial charge < -0.3 is 15.0 Å². The van der Waals surface area contributed by atoms with Crippen LogP contribution in [-0.2, 0) is 14.3 Å². The average Bonchev–Trinajstić information content (AvgIpc) is 2.89. The number of amides is 2. The molecule has 5 nitrogen and oxygen atoms in total. The first-order valence-corrected chi connectivity index (χ1v) is 7.22. The van der Waals surface area contributed by atoms with Crippen LogP contribution in [0.25, 0.3) is 0 Å². The van der Waals surface area contributed by atoms with E-state index >= 15 is 0 Å². The van der Waals surface area contributed by atoms with Gasteiger partial charge in [0.05, 0.1) is 6.61 Å². The van der Waals surface area contributed by atoms with Gasteiger partial charge in [-0.2, -0.15) is 0 Å². The van der Waals surface area contributed by atoms with Crippen molar-refractivity contribution in [1.29, 1.82) is 0 Å². The second kappa shape index (κ2) is 5.49. The van der Waals surface area contributed by atoms with Gasteiger partial charge in [-0.25, -0.2) is 0 Å². The maximum absolute atomic E-state index is 12.7. The number of rotatable bonds is 4. The lowest BCUT2D eigenvalue weighted by Gasteiger charge is -2.44. The first-order valence-electron chi connectivity index (χ1n) is 7.22. The van der Waals surface area contributed by atoms with Gasteiger partial charge in [0, 0.05) is 19.1 Å². The molecule has 108 valence electrons. The molecule has 0 radical (unpaired) electrons. The lowest BCUT2D eigenvalue weighted by atomic mass is 9.90. The van der Waals surface area contributed by atoms with E-state index in [1.165, 1.54) is 0 Å². The Morgan fingerprint density at radius 2 is 2.16 bits per heavy atom. The van der Waals surface area contributed by atoms with Crippen LogP contribution in [0.3, 0.4) is 0 Å². The number of carbonyl (C=O) groups excluding carboxylic acids is 2. The smallest absolute Gasteiger partial charge is 0.248 e. The molecule has 2 amide bonds. The molecule has 2 aliphatic rings. The van der Waals surface area contributed by atoms with Gasteiger partial charge in [0.1, 0.15) is 11.6 Å². The number of nitrogens with zero attached hydrogens (tertiary/aromatic N) is 1. The van der Waals surface area contributed by atoms with E-state index in [1.807, 2.05) is 20.8 Å². The lowest BCUT2D eigenvalue weighted by molar-refractivity contribution is -0.155. The summed E-state index contributed by atoms with van der Waals surface area (Å²) in [5, 5.41) is 2.89. The molecule has 5 heteroatoms. The summed E-state index contributed by atoms with van der Waals surface area (Å²) in [6.07, 6.45) is 2.25. The Hall–Kier alpha value is -1.10. The average molecular weight is 268 g/mol. The van der Waals surface area contributed by atoms with Crippen molar-refractivity contribution in [3.63, 3.8) is 0 Å². The molecule has 2 rings (SSSR count). The number of carbonyl (C=O) groups is 2. The third-order valence-corrected chi connectivity index (χ3v) is 4.38. The maximum atomic E-state index is 12.7. The van der Waals surface area contributed by atoms with E-state index in [4.69, 9.17) is 4.74 Å². The van der Waals surface area contributed by atoms with E-state index in [0.717, 1.165) is 13.0 Å². The second-order valence-corrected chi connectivity index (χ2v) is 5.79. The van der Waals surface area contributed by atoms with Crippen molar-refractivity contribution in [1.82, 2.24) is 10.2 Å². The van der Waals surface area contributed by atoms with Crippen molar-refractivity contribution in [2.75, 3.05) is 19.8 Å². The Labute approximate surface area is 114 Å². The summed E-state index contributed by atoms with van der Waals surface area (Å²) in [7, 11) is 0. The van der Waals surface area contributed by atoms with Crippen LogP contribution in [0.2, 0.25) is 0 Å². The van der Waals surface area contributed by atoms with Gasteiger partial charge in [-0.3, -0.25) is 9.59 Å². The zero-order valence-electron chi connectivity index (χ0n) is 12.1. The van der Waals surface area contributed by atoms with Gasteiger partial charge in [-0.05, 0) is 26.2 Å². The summed E-state index contributed by atoms with van der Waals surface area (Å²) in [6, 6.07) is -0.326. The molecule has 0 aromatic carbocycles. The highest BCUT2D eigenvalue weighted by Gasteiger charge is 2.46. The van der Waals surface area contributed by atoms with Crippen molar-refractivity contribution in [3.8, 4) is 0 Å². The summed E-state index contributed by atoms with van der Waals surface area (Å²) < 4.78 is 5.37. The highest BCUT2D eigenvalue weighted by Crippen LogP contribution is 2.25. The molecule has 0 aromatic heterocycles. The molecule has 2 heterocycles. The Morgan fingerprint density at radius 1 is 1.42 bits per heavy atom. The predicted octanol–water partition coefficient (Wildman–Crippen LogP) is 0.929. The standard InChI is InChI=1S/C14H24N2O3/c1-4-11-12(17)15-14(3,5-2)13(18)16(11)8-10-6-7-19-9-10/h10-11H,4-9H2,1-3H3,(H,15,17). The fourth-order valence-corrected chi connectivity index (χ4v) is 2.87. The molecular weight excluding hydrogens is 244 g/mol. The van der Waals surface area contributed by atoms with Gasteiger partial charge in [0.15, 0.2) is 0 Å². The molecule has 2 saturated heterocycles. The van der Waals surface area contributed by atoms with Gasteiger partial charge in [-0.15, -0.1) is 0 Å². The molecule has 0 aliphatic carbocycles. The van der Waals surface area contributed by atoms with Crippen LogP contribution >= 0.6 is 0 Å². The molecule has 2 fully saturated rings. The molecule has 0 bridgehead atoms.